The molecule has 0 atom stereocenters. The minimum absolute atomic E-state index is 0.0761. The summed E-state index contributed by atoms with van der Waals surface area (Å²) < 4.78 is 17.0. The first-order valence-corrected chi connectivity index (χ1v) is 4.66. The first-order chi connectivity index (χ1) is 6.81. The number of Topliss-reactive ketones (excluding diaryl/α,β-unsaturated/α-hetero) is 1. The summed E-state index contributed by atoms with van der Waals surface area (Å²) in [5.41, 5.74) is 1.81. The van der Waals surface area contributed by atoms with E-state index in [0.717, 1.165) is 17.5 Å². The Balaban J connectivity index is 2.19. The second-order valence-corrected chi connectivity index (χ2v) is 3.28. The summed E-state index contributed by atoms with van der Waals surface area (Å²) in [5, 5.41) is 0. The average Bonchev–Trinajstić information content (AvgIpc) is 2.57. The Labute approximate surface area is 81.7 Å². The molecule has 1 aromatic carbocycles. The highest BCUT2D eigenvalue weighted by Crippen LogP contribution is 2.25. The molecular formula is C11H11FO2. The molecule has 0 radical (unpaired) electrons. The third-order valence-corrected chi connectivity index (χ3v) is 2.34. The van der Waals surface area contributed by atoms with Crippen LogP contribution in [-0.2, 0) is 6.42 Å². The van der Waals surface area contributed by atoms with E-state index in [9.17, 15) is 9.18 Å². The molecule has 1 aromatic rings. The predicted octanol–water partition coefficient (Wildman–Crippen LogP) is 2.16. The van der Waals surface area contributed by atoms with Crippen LogP contribution in [0.25, 0.3) is 0 Å². The number of fused-ring (bicyclic) bond motifs is 1. The van der Waals surface area contributed by atoms with Crippen LogP contribution in [0.1, 0.15) is 22.3 Å². The van der Waals surface area contributed by atoms with Crippen molar-refractivity contribution in [2.24, 2.45) is 0 Å². The number of carbonyl (C=O) groups excluding carboxylic acids is 1. The Morgan fingerprint density at radius 1 is 1.36 bits per heavy atom. The molecule has 0 heterocycles. The molecule has 0 aromatic heterocycles. The van der Waals surface area contributed by atoms with Crippen LogP contribution >= 0.6 is 0 Å². The van der Waals surface area contributed by atoms with Crippen molar-refractivity contribution in [3.63, 3.8) is 0 Å². The molecule has 0 saturated carbocycles. The fraction of sp³-hybridized carbons (Fsp3) is 0.364. The van der Waals surface area contributed by atoms with Crippen LogP contribution in [0, 0.1) is 0 Å². The largest absolute Gasteiger partial charge is 0.491 e. The number of aryl methyl sites for hydroxylation is 1. The van der Waals surface area contributed by atoms with Gasteiger partial charge in [0.2, 0.25) is 0 Å². The van der Waals surface area contributed by atoms with E-state index in [1.807, 2.05) is 6.07 Å². The van der Waals surface area contributed by atoms with Crippen molar-refractivity contribution < 1.29 is 13.9 Å². The van der Waals surface area contributed by atoms with Crippen LogP contribution in [-0.4, -0.2) is 19.1 Å². The second kappa shape index (κ2) is 3.78. The normalized spacial score (nSPS) is 14.2. The standard InChI is InChI=1S/C11H11FO2/c12-5-6-14-9-2-3-10-8(7-9)1-4-11(10)13/h2-3,7H,1,4-6H2. The number of ketones is 1. The highest BCUT2D eigenvalue weighted by molar-refractivity contribution is 6.00. The van der Waals surface area contributed by atoms with E-state index < -0.39 is 6.67 Å². The molecule has 0 spiro atoms. The topological polar surface area (TPSA) is 26.3 Å². The van der Waals surface area contributed by atoms with Gasteiger partial charge in [-0.05, 0) is 30.2 Å². The Bertz CT molecular complexity index is 360. The molecule has 1 aliphatic rings. The van der Waals surface area contributed by atoms with Gasteiger partial charge in [0.1, 0.15) is 19.0 Å². The first kappa shape index (κ1) is 9.19. The molecule has 2 rings (SSSR count). The fourth-order valence-electron chi connectivity index (χ4n) is 1.68. The molecule has 0 amide bonds. The zero-order chi connectivity index (χ0) is 9.97. The van der Waals surface area contributed by atoms with Gasteiger partial charge in [-0.15, -0.1) is 0 Å². The second-order valence-electron chi connectivity index (χ2n) is 3.28. The Morgan fingerprint density at radius 2 is 2.21 bits per heavy atom. The molecular weight excluding hydrogens is 183 g/mol. The van der Waals surface area contributed by atoms with Crippen molar-refractivity contribution in [3.05, 3.63) is 29.3 Å². The predicted molar refractivity (Wildman–Crippen MR) is 50.6 cm³/mol. The lowest BCUT2D eigenvalue weighted by Gasteiger charge is -2.05. The maximum absolute atomic E-state index is 11.8. The fourth-order valence-corrected chi connectivity index (χ4v) is 1.68. The lowest BCUT2D eigenvalue weighted by atomic mass is 10.1. The third-order valence-electron chi connectivity index (χ3n) is 2.34. The molecule has 0 unspecified atom stereocenters. The number of hydrogen-bond acceptors (Lipinski definition) is 2. The SMILES string of the molecule is O=C1CCc2cc(OCCF)ccc21. The monoisotopic (exact) mass is 194 g/mol. The van der Waals surface area contributed by atoms with E-state index in [-0.39, 0.29) is 12.4 Å². The molecule has 0 aliphatic heterocycles. The summed E-state index contributed by atoms with van der Waals surface area (Å²) in [6.07, 6.45) is 1.36. The quantitative estimate of drug-likeness (QED) is 0.737. The van der Waals surface area contributed by atoms with Crippen molar-refractivity contribution in [2.75, 3.05) is 13.3 Å². The van der Waals surface area contributed by atoms with Gasteiger partial charge < -0.3 is 4.74 Å². The molecule has 0 N–H and O–H groups in total. The summed E-state index contributed by atoms with van der Waals surface area (Å²) in [4.78, 5) is 11.3. The summed E-state index contributed by atoms with van der Waals surface area (Å²) in [6, 6.07) is 5.31. The zero-order valence-electron chi connectivity index (χ0n) is 7.75. The highest BCUT2D eigenvalue weighted by atomic mass is 19.1. The van der Waals surface area contributed by atoms with Crippen LogP contribution in [0.15, 0.2) is 18.2 Å². The molecule has 74 valence electrons. The average molecular weight is 194 g/mol. The smallest absolute Gasteiger partial charge is 0.163 e. The van der Waals surface area contributed by atoms with E-state index >= 15 is 0 Å². The lowest BCUT2D eigenvalue weighted by molar-refractivity contribution is 0.0994. The Hall–Kier alpha value is -1.38. The molecule has 0 bridgehead atoms. The number of alkyl halides is 1. The summed E-state index contributed by atoms with van der Waals surface area (Å²) in [6.45, 7) is -0.414. The van der Waals surface area contributed by atoms with Gasteiger partial charge in [-0.3, -0.25) is 4.79 Å². The summed E-state index contributed by atoms with van der Waals surface area (Å²) in [7, 11) is 0. The van der Waals surface area contributed by atoms with Gasteiger partial charge in [0, 0.05) is 12.0 Å². The lowest BCUT2D eigenvalue weighted by Crippen LogP contribution is -1.99. The van der Waals surface area contributed by atoms with E-state index in [2.05, 4.69) is 0 Å². The van der Waals surface area contributed by atoms with Gasteiger partial charge in [-0.2, -0.15) is 0 Å². The van der Waals surface area contributed by atoms with E-state index in [1.165, 1.54) is 0 Å². The zero-order valence-corrected chi connectivity index (χ0v) is 7.75. The number of rotatable bonds is 3. The van der Waals surface area contributed by atoms with Crippen molar-refractivity contribution >= 4 is 5.78 Å². The Kier molecular flexibility index (Phi) is 2.48. The van der Waals surface area contributed by atoms with Crippen LogP contribution in [0.3, 0.4) is 0 Å². The van der Waals surface area contributed by atoms with Crippen LogP contribution in [0.2, 0.25) is 0 Å². The van der Waals surface area contributed by atoms with Crippen molar-refractivity contribution in [3.8, 4) is 5.75 Å². The molecule has 2 nitrogen and oxygen atoms in total. The van der Waals surface area contributed by atoms with Gasteiger partial charge in [0.05, 0.1) is 0 Å². The van der Waals surface area contributed by atoms with Gasteiger partial charge in [0.25, 0.3) is 0 Å². The van der Waals surface area contributed by atoms with Gasteiger partial charge in [-0.25, -0.2) is 4.39 Å². The number of benzene rings is 1. The van der Waals surface area contributed by atoms with Crippen LogP contribution in [0.4, 0.5) is 4.39 Å². The number of halogens is 1. The van der Waals surface area contributed by atoms with Crippen LogP contribution in [0.5, 0.6) is 5.75 Å². The molecule has 0 fully saturated rings. The maximum Gasteiger partial charge on any atom is 0.163 e. The van der Waals surface area contributed by atoms with Crippen molar-refractivity contribution in [2.45, 2.75) is 12.8 Å². The van der Waals surface area contributed by atoms with Crippen molar-refractivity contribution in [1.82, 2.24) is 0 Å². The van der Waals surface area contributed by atoms with Gasteiger partial charge in [0.15, 0.2) is 5.78 Å². The minimum atomic E-state index is -0.490. The summed E-state index contributed by atoms with van der Waals surface area (Å²) >= 11 is 0. The molecule has 0 saturated heterocycles. The third kappa shape index (κ3) is 1.62. The highest BCUT2D eigenvalue weighted by Gasteiger charge is 2.19. The molecule has 1 aliphatic carbocycles. The van der Waals surface area contributed by atoms with Crippen LogP contribution < -0.4 is 4.74 Å². The van der Waals surface area contributed by atoms with E-state index in [0.29, 0.717) is 12.2 Å². The number of ether oxygens (including phenoxy) is 1. The van der Waals surface area contributed by atoms with Gasteiger partial charge in [-0.1, -0.05) is 0 Å². The molecule has 14 heavy (non-hydrogen) atoms. The van der Waals surface area contributed by atoms with Crippen molar-refractivity contribution in [1.29, 1.82) is 0 Å². The van der Waals surface area contributed by atoms with Gasteiger partial charge >= 0.3 is 0 Å². The van der Waals surface area contributed by atoms with E-state index in [1.54, 1.807) is 12.1 Å². The maximum atomic E-state index is 11.8. The summed E-state index contributed by atoms with van der Waals surface area (Å²) in [5.74, 6) is 0.841. The molecule has 3 heteroatoms. The number of hydrogen-bond donors (Lipinski definition) is 0. The van der Waals surface area contributed by atoms with E-state index in [4.69, 9.17) is 4.74 Å². The minimum Gasteiger partial charge on any atom is -0.491 e. The first-order valence-electron chi connectivity index (χ1n) is 4.66. The Morgan fingerprint density at radius 3 is 3.00 bits per heavy atom. The number of carbonyl (C=O) groups is 1.